The Labute approximate surface area is 179 Å². The van der Waals surface area contributed by atoms with Gasteiger partial charge in [-0.05, 0) is 31.2 Å². The highest BCUT2D eigenvalue weighted by atomic mass is 32.2. The smallest absolute Gasteiger partial charge is 0.234 e. The average Bonchev–Trinajstić information content (AvgIpc) is 2.77. The van der Waals surface area contributed by atoms with Gasteiger partial charge in [0.15, 0.2) is 11.5 Å². The van der Waals surface area contributed by atoms with E-state index in [1.807, 2.05) is 37.3 Å². The van der Waals surface area contributed by atoms with E-state index in [0.717, 1.165) is 16.8 Å². The van der Waals surface area contributed by atoms with Crippen molar-refractivity contribution in [3.8, 4) is 28.8 Å². The third kappa shape index (κ3) is 5.10. The minimum absolute atomic E-state index is 0.118. The molecule has 3 rings (SSSR count). The van der Waals surface area contributed by atoms with E-state index in [0.29, 0.717) is 27.8 Å². The van der Waals surface area contributed by atoms with Gasteiger partial charge in [0.05, 0.1) is 31.2 Å². The van der Waals surface area contributed by atoms with Crippen LogP contribution in [-0.4, -0.2) is 30.9 Å². The summed E-state index contributed by atoms with van der Waals surface area (Å²) >= 11 is 1.23. The topological polar surface area (TPSA) is 84.2 Å². The molecule has 0 radical (unpaired) electrons. The van der Waals surface area contributed by atoms with Gasteiger partial charge >= 0.3 is 0 Å². The number of benzene rings is 2. The minimum Gasteiger partial charge on any atom is -0.493 e. The van der Waals surface area contributed by atoms with E-state index < -0.39 is 0 Å². The molecule has 0 saturated heterocycles. The number of hydrogen-bond acceptors (Lipinski definition) is 6. The number of pyridine rings is 1. The third-order valence-corrected chi connectivity index (χ3v) is 5.33. The molecule has 0 spiro atoms. The number of carbonyl (C=O) groups is 1. The Morgan fingerprint density at radius 3 is 2.47 bits per heavy atom. The molecule has 6 nitrogen and oxygen atoms in total. The normalized spacial score (nSPS) is 10.2. The number of nitrogens with zero attached hydrogens (tertiary/aromatic N) is 2. The summed E-state index contributed by atoms with van der Waals surface area (Å²) < 4.78 is 10.5. The van der Waals surface area contributed by atoms with Crippen LogP contribution in [0.1, 0.15) is 11.1 Å². The highest BCUT2D eigenvalue weighted by Gasteiger charge is 2.12. The molecule has 7 heteroatoms. The first-order valence-corrected chi connectivity index (χ1v) is 10.2. The van der Waals surface area contributed by atoms with Gasteiger partial charge in [-0.2, -0.15) is 5.26 Å². The summed E-state index contributed by atoms with van der Waals surface area (Å²) in [5, 5.41) is 12.7. The van der Waals surface area contributed by atoms with Crippen molar-refractivity contribution in [1.82, 2.24) is 4.98 Å². The molecule has 0 aliphatic rings. The number of hydrogen-bond donors (Lipinski definition) is 1. The van der Waals surface area contributed by atoms with Crippen molar-refractivity contribution < 1.29 is 14.3 Å². The molecule has 1 amide bonds. The lowest BCUT2D eigenvalue weighted by atomic mass is 10.1. The molecule has 1 heterocycles. The monoisotopic (exact) mass is 419 g/mol. The van der Waals surface area contributed by atoms with Crippen LogP contribution in [0, 0.1) is 18.3 Å². The maximum absolute atomic E-state index is 12.4. The molecule has 1 N–H and O–H groups in total. The minimum atomic E-state index is -0.210. The fourth-order valence-electron chi connectivity index (χ4n) is 2.77. The second-order valence-corrected chi connectivity index (χ2v) is 7.40. The number of methoxy groups -OCH3 is 2. The molecule has 0 fully saturated rings. The summed E-state index contributed by atoms with van der Waals surface area (Å²) in [5.41, 5.74) is 3.92. The maximum atomic E-state index is 12.4. The number of aryl methyl sites for hydroxylation is 1. The van der Waals surface area contributed by atoms with Crippen molar-refractivity contribution in [2.75, 3.05) is 25.3 Å². The lowest BCUT2D eigenvalue weighted by Crippen LogP contribution is -2.14. The largest absolute Gasteiger partial charge is 0.493 e. The van der Waals surface area contributed by atoms with Gasteiger partial charge in [0.1, 0.15) is 11.1 Å². The molecule has 2 aromatic carbocycles. The van der Waals surface area contributed by atoms with Crippen molar-refractivity contribution >= 4 is 23.4 Å². The summed E-state index contributed by atoms with van der Waals surface area (Å²) in [6.07, 6.45) is 0. The molecule has 152 valence electrons. The van der Waals surface area contributed by atoms with Gasteiger partial charge < -0.3 is 14.8 Å². The number of nitriles is 1. The van der Waals surface area contributed by atoms with E-state index in [4.69, 9.17) is 9.47 Å². The van der Waals surface area contributed by atoms with Crippen molar-refractivity contribution in [3.05, 3.63) is 65.7 Å². The Bertz CT molecular complexity index is 1090. The zero-order chi connectivity index (χ0) is 21.5. The van der Waals surface area contributed by atoms with Gasteiger partial charge in [-0.1, -0.05) is 41.6 Å². The van der Waals surface area contributed by atoms with Gasteiger partial charge in [-0.15, -0.1) is 0 Å². The fraction of sp³-hybridized carbons (Fsp3) is 0.174. The molecule has 30 heavy (non-hydrogen) atoms. The zero-order valence-corrected chi connectivity index (χ0v) is 17.7. The van der Waals surface area contributed by atoms with Crippen LogP contribution in [0.25, 0.3) is 11.3 Å². The van der Waals surface area contributed by atoms with Crippen LogP contribution in [0.15, 0.2) is 59.6 Å². The van der Waals surface area contributed by atoms with Crippen LogP contribution in [0.3, 0.4) is 0 Å². The number of thioether (sulfide) groups is 1. The Morgan fingerprint density at radius 1 is 1.07 bits per heavy atom. The summed E-state index contributed by atoms with van der Waals surface area (Å²) in [6, 6.07) is 18.8. The summed E-state index contributed by atoms with van der Waals surface area (Å²) in [5.74, 6) is 1.02. The Morgan fingerprint density at radius 2 is 1.80 bits per heavy atom. The number of anilines is 1. The Hall–Kier alpha value is -3.50. The molecular weight excluding hydrogens is 398 g/mol. The van der Waals surface area contributed by atoms with Crippen LogP contribution in [-0.2, 0) is 4.79 Å². The second kappa shape index (κ2) is 9.81. The van der Waals surface area contributed by atoms with E-state index in [9.17, 15) is 10.1 Å². The quantitative estimate of drug-likeness (QED) is 0.560. The lowest BCUT2D eigenvalue weighted by Gasteiger charge is -2.11. The number of ether oxygens (including phenoxy) is 2. The standard InChI is InChI=1S/C23H21N3O3S/c1-15-4-6-16(7-5-15)19-10-8-17(13-24)23(26-19)30-14-22(27)25-18-9-11-20(28-2)21(12-18)29-3/h4-12H,14H2,1-3H3,(H,25,27). The van der Waals surface area contributed by atoms with Crippen molar-refractivity contribution in [1.29, 1.82) is 5.26 Å². The summed E-state index contributed by atoms with van der Waals surface area (Å²) in [6.45, 7) is 2.02. The highest BCUT2D eigenvalue weighted by Crippen LogP contribution is 2.30. The van der Waals surface area contributed by atoms with E-state index in [-0.39, 0.29) is 11.7 Å². The van der Waals surface area contributed by atoms with E-state index >= 15 is 0 Å². The van der Waals surface area contributed by atoms with E-state index in [2.05, 4.69) is 16.4 Å². The van der Waals surface area contributed by atoms with Crippen LogP contribution >= 0.6 is 11.8 Å². The molecule has 0 bridgehead atoms. The van der Waals surface area contributed by atoms with Gasteiger partial charge in [0.2, 0.25) is 5.91 Å². The second-order valence-electron chi connectivity index (χ2n) is 6.43. The highest BCUT2D eigenvalue weighted by molar-refractivity contribution is 8.00. The Kier molecular flexibility index (Phi) is 6.94. The number of amides is 1. The number of aromatic nitrogens is 1. The van der Waals surface area contributed by atoms with Crippen LogP contribution in [0.2, 0.25) is 0 Å². The Balaban J connectivity index is 1.71. The first kappa shape index (κ1) is 21.2. The van der Waals surface area contributed by atoms with Crippen molar-refractivity contribution in [2.24, 2.45) is 0 Å². The number of nitrogens with one attached hydrogen (secondary N) is 1. The maximum Gasteiger partial charge on any atom is 0.234 e. The first-order valence-electron chi connectivity index (χ1n) is 9.17. The molecule has 0 aliphatic heterocycles. The fourth-order valence-corrected chi connectivity index (χ4v) is 3.54. The van der Waals surface area contributed by atoms with E-state index in [1.54, 1.807) is 31.4 Å². The van der Waals surface area contributed by atoms with Gasteiger partial charge in [0.25, 0.3) is 0 Å². The molecule has 0 saturated carbocycles. The SMILES string of the molecule is COc1ccc(NC(=O)CSc2nc(-c3ccc(C)cc3)ccc2C#N)cc1OC. The molecular formula is C23H21N3O3S. The predicted molar refractivity (Wildman–Crippen MR) is 118 cm³/mol. The molecule has 0 atom stereocenters. The number of rotatable bonds is 7. The first-order chi connectivity index (χ1) is 14.5. The van der Waals surface area contributed by atoms with Crippen LogP contribution in [0.4, 0.5) is 5.69 Å². The van der Waals surface area contributed by atoms with Gasteiger partial charge in [-0.25, -0.2) is 4.98 Å². The molecule has 0 unspecified atom stereocenters. The van der Waals surface area contributed by atoms with Gasteiger partial charge in [0, 0.05) is 17.3 Å². The van der Waals surface area contributed by atoms with Crippen LogP contribution in [0.5, 0.6) is 11.5 Å². The lowest BCUT2D eigenvalue weighted by molar-refractivity contribution is -0.113. The number of carbonyl (C=O) groups excluding carboxylic acids is 1. The molecule has 1 aromatic heterocycles. The summed E-state index contributed by atoms with van der Waals surface area (Å²) in [4.78, 5) is 17.0. The molecule has 0 aliphatic carbocycles. The van der Waals surface area contributed by atoms with Crippen molar-refractivity contribution in [2.45, 2.75) is 11.9 Å². The third-order valence-electron chi connectivity index (χ3n) is 4.34. The average molecular weight is 420 g/mol. The van der Waals surface area contributed by atoms with E-state index in [1.165, 1.54) is 18.9 Å². The predicted octanol–water partition coefficient (Wildman–Crippen LogP) is 4.68. The summed E-state index contributed by atoms with van der Waals surface area (Å²) in [7, 11) is 3.09. The van der Waals surface area contributed by atoms with Crippen molar-refractivity contribution in [3.63, 3.8) is 0 Å². The zero-order valence-electron chi connectivity index (χ0n) is 16.9. The van der Waals surface area contributed by atoms with Crippen LogP contribution < -0.4 is 14.8 Å². The molecule has 3 aromatic rings. The van der Waals surface area contributed by atoms with Gasteiger partial charge in [-0.3, -0.25) is 4.79 Å².